The van der Waals surface area contributed by atoms with Crippen molar-refractivity contribution in [2.45, 2.75) is 12.1 Å². The first-order valence-electron chi connectivity index (χ1n) is 2.62. The molecule has 0 bridgehead atoms. The predicted octanol–water partition coefficient (Wildman–Crippen LogP) is -0.120. The molecule has 0 spiro atoms. The molecule has 0 saturated carbocycles. The zero-order valence-electron chi connectivity index (χ0n) is 4.73. The second-order valence-corrected chi connectivity index (χ2v) is 1.75. The van der Waals surface area contributed by atoms with Crippen molar-refractivity contribution in [1.82, 2.24) is 0 Å². The Morgan fingerprint density at radius 2 is 2.44 bits per heavy atom. The van der Waals surface area contributed by atoms with Gasteiger partial charge in [-0.05, 0) is 6.08 Å². The Morgan fingerprint density at radius 3 is 2.89 bits per heavy atom. The molecule has 9 heavy (non-hydrogen) atoms. The Labute approximate surface area is 53.0 Å². The molecule has 0 radical (unpaired) electrons. The van der Waals surface area contributed by atoms with E-state index < -0.39 is 12.1 Å². The zero-order chi connectivity index (χ0) is 6.69. The van der Waals surface area contributed by atoms with Crippen molar-refractivity contribution in [1.29, 1.82) is 5.26 Å². The molecule has 0 aromatic carbocycles. The summed E-state index contributed by atoms with van der Waals surface area (Å²) in [6.45, 7) is 0. The summed E-state index contributed by atoms with van der Waals surface area (Å²) in [5.74, 6) is 0. The normalized spacial score (nSPS) is 32.0. The number of aliphatic hydroxyl groups is 1. The van der Waals surface area contributed by atoms with Gasteiger partial charge in [-0.1, -0.05) is 6.08 Å². The Bertz CT molecular complexity index is 190. The van der Waals surface area contributed by atoms with Crippen molar-refractivity contribution in [3.8, 4) is 6.07 Å². The molecule has 0 aromatic heterocycles. The molecule has 0 aliphatic carbocycles. The van der Waals surface area contributed by atoms with Gasteiger partial charge >= 0.3 is 0 Å². The van der Waals surface area contributed by atoms with E-state index in [0.29, 0.717) is 0 Å². The summed E-state index contributed by atoms with van der Waals surface area (Å²) < 4.78 is 0. The van der Waals surface area contributed by atoms with Crippen molar-refractivity contribution in [2.24, 2.45) is 4.99 Å². The number of dihydropyridines is 1. The highest BCUT2D eigenvalue weighted by Crippen LogP contribution is 2.02. The minimum absolute atomic E-state index is 0.602. The molecule has 0 saturated heterocycles. The van der Waals surface area contributed by atoms with E-state index in [1.807, 2.05) is 6.07 Å². The third-order valence-corrected chi connectivity index (χ3v) is 1.10. The maximum absolute atomic E-state index is 8.95. The van der Waals surface area contributed by atoms with Crippen molar-refractivity contribution < 1.29 is 5.11 Å². The Morgan fingerprint density at radius 1 is 1.67 bits per heavy atom. The van der Waals surface area contributed by atoms with Crippen LogP contribution in [0.15, 0.2) is 17.1 Å². The minimum atomic E-state index is -0.722. The monoisotopic (exact) mass is 122 g/mol. The van der Waals surface area contributed by atoms with E-state index in [0.717, 1.165) is 0 Å². The molecule has 1 heterocycles. The molecule has 2 atom stereocenters. The average molecular weight is 122 g/mol. The van der Waals surface area contributed by atoms with Gasteiger partial charge < -0.3 is 5.11 Å². The largest absolute Gasteiger partial charge is 0.386 e. The fourth-order valence-electron chi connectivity index (χ4n) is 0.609. The van der Waals surface area contributed by atoms with Crippen LogP contribution in [0.25, 0.3) is 0 Å². The van der Waals surface area contributed by atoms with E-state index in [1.165, 1.54) is 6.21 Å². The van der Waals surface area contributed by atoms with Gasteiger partial charge in [-0.3, -0.25) is 4.99 Å². The maximum Gasteiger partial charge on any atom is 0.165 e. The second-order valence-electron chi connectivity index (χ2n) is 1.75. The zero-order valence-corrected chi connectivity index (χ0v) is 4.73. The smallest absolute Gasteiger partial charge is 0.165 e. The first kappa shape index (κ1) is 5.99. The summed E-state index contributed by atoms with van der Waals surface area (Å²) in [7, 11) is 0. The summed E-state index contributed by atoms with van der Waals surface area (Å²) in [6.07, 6.45) is 3.96. The number of nitrogens with zero attached hydrogens (tertiary/aromatic N) is 2. The van der Waals surface area contributed by atoms with Crippen LogP contribution in [0, 0.1) is 11.3 Å². The van der Waals surface area contributed by atoms with Gasteiger partial charge in [0.15, 0.2) is 6.04 Å². The van der Waals surface area contributed by atoms with Gasteiger partial charge in [-0.2, -0.15) is 5.26 Å². The maximum atomic E-state index is 8.95. The molecule has 1 N–H and O–H groups in total. The van der Waals surface area contributed by atoms with Crippen molar-refractivity contribution in [3.63, 3.8) is 0 Å². The second kappa shape index (κ2) is 2.42. The molecule has 3 nitrogen and oxygen atoms in total. The third-order valence-electron chi connectivity index (χ3n) is 1.10. The first-order chi connectivity index (χ1) is 4.34. The average Bonchev–Trinajstić information content (AvgIpc) is 1.89. The number of aliphatic hydroxyl groups excluding tert-OH is 1. The van der Waals surface area contributed by atoms with Gasteiger partial charge in [0.05, 0.1) is 6.07 Å². The van der Waals surface area contributed by atoms with E-state index in [1.54, 1.807) is 12.2 Å². The van der Waals surface area contributed by atoms with Crippen LogP contribution in [0.5, 0.6) is 0 Å². The Balaban J connectivity index is 2.68. The molecular formula is C6H6N2O. The van der Waals surface area contributed by atoms with Crippen LogP contribution in [0.1, 0.15) is 0 Å². The van der Waals surface area contributed by atoms with Gasteiger partial charge in [-0.25, -0.2) is 0 Å². The first-order valence-corrected chi connectivity index (χ1v) is 2.62. The van der Waals surface area contributed by atoms with E-state index in [-0.39, 0.29) is 0 Å². The molecule has 1 aliphatic heterocycles. The number of nitriles is 1. The van der Waals surface area contributed by atoms with Crippen LogP contribution in [0.2, 0.25) is 0 Å². The number of allylic oxidation sites excluding steroid dienone is 1. The lowest BCUT2D eigenvalue weighted by atomic mass is 10.1. The fourth-order valence-corrected chi connectivity index (χ4v) is 0.609. The number of rotatable bonds is 0. The summed E-state index contributed by atoms with van der Waals surface area (Å²) in [5.41, 5.74) is 0. The van der Waals surface area contributed by atoms with E-state index in [2.05, 4.69) is 4.99 Å². The summed E-state index contributed by atoms with van der Waals surface area (Å²) in [5, 5.41) is 17.2. The van der Waals surface area contributed by atoms with Crippen LogP contribution in [0.3, 0.4) is 0 Å². The third kappa shape index (κ3) is 1.15. The van der Waals surface area contributed by atoms with E-state index >= 15 is 0 Å². The van der Waals surface area contributed by atoms with Crippen LogP contribution in [-0.4, -0.2) is 23.5 Å². The van der Waals surface area contributed by atoms with Crippen molar-refractivity contribution in [2.75, 3.05) is 0 Å². The highest BCUT2D eigenvalue weighted by molar-refractivity contribution is 5.72. The van der Waals surface area contributed by atoms with Gasteiger partial charge in [0.2, 0.25) is 0 Å². The molecule has 0 fully saturated rings. The number of hydrogen-bond acceptors (Lipinski definition) is 3. The van der Waals surface area contributed by atoms with Crippen LogP contribution in [-0.2, 0) is 0 Å². The molecule has 1 rings (SSSR count). The van der Waals surface area contributed by atoms with Crippen molar-refractivity contribution in [3.05, 3.63) is 12.2 Å². The van der Waals surface area contributed by atoms with Crippen molar-refractivity contribution >= 4 is 6.21 Å². The molecule has 0 aromatic rings. The predicted molar refractivity (Wildman–Crippen MR) is 33.0 cm³/mol. The fraction of sp³-hybridized carbons (Fsp3) is 0.333. The van der Waals surface area contributed by atoms with E-state index in [4.69, 9.17) is 10.4 Å². The van der Waals surface area contributed by atoms with Gasteiger partial charge in [0, 0.05) is 6.21 Å². The summed E-state index contributed by atoms with van der Waals surface area (Å²) in [4.78, 5) is 3.71. The highest BCUT2D eigenvalue weighted by atomic mass is 16.3. The molecule has 2 unspecified atom stereocenters. The lowest BCUT2D eigenvalue weighted by Gasteiger charge is -2.09. The highest BCUT2D eigenvalue weighted by Gasteiger charge is 2.14. The molecule has 46 valence electrons. The number of hydrogen-bond donors (Lipinski definition) is 1. The Kier molecular flexibility index (Phi) is 1.61. The number of aliphatic imine (C=N–C) groups is 1. The lowest BCUT2D eigenvalue weighted by Crippen LogP contribution is -2.22. The van der Waals surface area contributed by atoms with Gasteiger partial charge in [0.1, 0.15) is 6.10 Å². The standard InChI is InChI=1S/C6H6N2O/c7-4-5-6(9)2-1-3-8-5/h1-3,5-6,9H. The quantitative estimate of drug-likeness (QED) is 0.487. The van der Waals surface area contributed by atoms with Gasteiger partial charge in [0.25, 0.3) is 0 Å². The van der Waals surface area contributed by atoms with Gasteiger partial charge in [-0.15, -0.1) is 0 Å². The summed E-state index contributed by atoms with van der Waals surface area (Å²) in [6, 6.07) is 1.25. The minimum Gasteiger partial charge on any atom is -0.386 e. The van der Waals surface area contributed by atoms with Crippen LogP contribution < -0.4 is 0 Å². The lowest BCUT2D eigenvalue weighted by molar-refractivity contribution is 0.210. The molecule has 3 heteroatoms. The molecule has 0 amide bonds. The SMILES string of the molecule is N#CC1N=CC=CC1O. The van der Waals surface area contributed by atoms with Crippen LogP contribution in [0.4, 0.5) is 0 Å². The Hall–Kier alpha value is -1.14. The topological polar surface area (TPSA) is 56.4 Å². The molecular weight excluding hydrogens is 116 g/mol. The molecule has 1 aliphatic rings. The van der Waals surface area contributed by atoms with E-state index in [9.17, 15) is 0 Å². The van der Waals surface area contributed by atoms with Crippen LogP contribution >= 0.6 is 0 Å². The summed E-state index contributed by atoms with van der Waals surface area (Å²) >= 11 is 0.